The smallest absolute Gasteiger partial charge is 0.409 e. The van der Waals surface area contributed by atoms with Gasteiger partial charge in [0.2, 0.25) is 15.9 Å². The minimum absolute atomic E-state index is 0.0293. The number of likely N-dealkylation sites (tertiary alicyclic amines) is 1. The highest BCUT2D eigenvalue weighted by atomic mass is 32.2. The number of aromatic nitrogens is 2. The summed E-state index contributed by atoms with van der Waals surface area (Å²) in [4.78, 5) is 31.8. The van der Waals surface area contributed by atoms with Gasteiger partial charge in [0.25, 0.3) is 0 Å². The van der Waals surface area contributed by atoms with E-state index in [0.29, 0.717) is 56.7 Å². The summed E-state index contributed by atoms with van der Waals surface area (Å²) in [6.07, 6.45) is 4.88. The first-order valence-electron chi connectivity index (χ1n) is 14.5. The molecular formula is C31H37N7O5S. The average molecular weight is 620 g/mol. The van der Waals surface area contributed by atoms with Gasteiger partial charge in [-0.3, -0.25) is 4.79 Å². The molecule has 0 saturated carbocycles. The zero-order chi connectivity index (χ0) is 31.4. The maximum absolute atomic E-state index is 14.4. The quantitative estimate of drug-likeness (QED) is 0.405. The predicted octanol–water partition coefficient (Wildman–Crippen LogP) is 3.35. The van der Waals surface area contributed by atoms with Crippen LogP contribution in [0, 0.1) is 17.2 Å². The molecule has 1 atom stereocenters. The monoisotopic (exact) mass is 619 g/mol. The maximum Gasteiger partial charge on any atom is 0.409 e. The number of rotatable bonds is 8. The summed E-state index contributed by atoms with van der Waals surface area (Å²) >= 11 is 0. The first-order chi connectivity index (χ1) is 21.1. The Morgan fingerprint density at radius 1 is 1.16 bits per heavy atom. The second kappa shape index (κ2) is 13.1. The van der Waals surface area contributed by atoms with Crippen LogP contribution in [0.3, 0.4) is 0 Å². The zero-order valence-corrected chi connectivity index (χ0v) is 26.0. The van der Waals surface area contributed by atoms with Crippen molar-refractivity contribution in [2.45, 2.75) is 43.7 Å². The van der Waals surface area contributed by atoms with E-state index in [1.807, 2.05) is 23.7 Å². The molecule has 2 aliphatic heterocycles. The third kappa shape index (κ3) is 6.71. The second-order valence-electron chi connectivity index (χ2n) is 11.4. The Hall–Kier alpha value is -4.41. The number of carbonyl (C=O) groups is 2. The lowest BCUT2D eigenvalue weighted by atomic mass is 9.93. The molecule has 2 aromatic carbocycles. The van der Waals surface area contributed by atoms with Crippen LogP contribution in [0.5, 0.6) is 0 Å². The third-order valence-corrected chi connectivity index (χ3v) is 10.3. The summed E-state index contributed by atoms with van der Waals surface area (Å²) in [6, 6.07) is 13.6. The molecule has 1 saturated heterocycles. The van der Waals surface area contributed by atoms with E-state index >= 15 is 0 Å². The summed E-state index contributed by atoms with van der Waals surface area (Å²) in [5.74, 6) is -0.214. The van der Waals surface area contributed by atoms with Crippen LogP contribution < -0.4 is 10.2 Å². The van der Waals surface area contributed by atoms with Crippen molar-refractivity contribution in [1.82, 2.24) is 18.8 Å². The number of methoxy groups -OCH3 is 1. The minimum atomic E-state index is -3.99. The van der Waals surface area contributed by atoms with Crippen molar-refractivity contribution in [3.63, 3.8) is 0 Å². The molecule has 0 radical (unpaired) electrons. The standard InChI is InChI=1S/C31H37N7O5S/c1-22(39)34-26-5-7-29(8-6-26)44(41,42)38(18-23-10-12-36(13-11-23)31(40)43-3)27-15-25-14-24(16-32)4-9-30(25)37(19-27)20-28-17-33-21-35(28)2/h4-9,14,17,21,23,27H,10-13,15,18-20H2,1-3H3,(H,34,39). The van der Waals surface area contributed by atoms with Crippen molar-refractivity contribution in [3.05, 3.63) is 71.8 Å². The van der Waals surface area contributed by atoms with Gasteiger partial charge in [-0.1, -0.05) is 0 Å². The number of carbonyl (C=O) groups excluding carboxylic acids is 2. The fourth-order valence-electron chi connectivity index (χ4n) is 6.05. The van der Waals surface area contributed by atoms with E-state index in [1.54, 1.807) is 39.9 Å². The molecule has 44 heavy (non-hydrogen) atoms. The van der Waals surface area contributed by atoms with Crippen molar-refractivity contribution in [1.29, 1.82) is 5.26 Å². The number of imidazole rings is 1. The molecule has 232 valence electrons. The fraction of sp³-hybridized carbons (Fsp3) is 0.419. The highest BCUT2D eigenvalue weighted by molar-refractivity contribution is 7.89. The third-order valence-electron chi connectivity index (χ3n) is 8.38. The van der Waals surface area contributed by atoms with Crippen LogP contribution in [-0.2, 0) is 39.6 Å². The number of nitrogens with zero attached hydrogens (tertiary/aromatic N) is 6. The Balaban J connectivity index is 1.50. The molecule has 1 N–H and O–H groups in total. The predicted molar refractivity (Wildman–Crippen MR) is 164 cm³/mol. The van der Waals surface area contributed by atoms with Crippen LogP contribution in [0.4, 0.5) is 16.2 Å². The van der Waals surface area contributed by atoms with Crippen molar-refractivity contribution in [3.8, 4) is 6.07 Å². The highest BCUT2D eigenvalue weighted by Gasteiger charge is 2.38. The van der Waals surface area contributed by atoms with Gasteiger partial charge in [0, 0.05) is 63.8 Å². The largest absolute Gasteiger partial charge is 0.453 e. The number of fused-ring (bicyclic) bond motifs is 1. The topological polar surface area (TPSA) is 141 Å². The molecule has 13 heteroatoms. The van der Waals surface area contributed by atoms with Gasteiger partial charge in [-0.15, -0.1) is 0 Å². The Kier molecular flexibility index (Phi) is 9.22. The number of aryl methyl sites for hydroxylation is 1. The average Bonchev–Trinajstić information content (AvgIpc) is 3.42. The Morgan fingerprint density at radius 3 is 2.50 bits per heavy atom. The first-order valence-corrected chi connectivity index (χ1v) is 16.0. The number of anilines is 2. The summed E-state index contributed by atoms with van der Waals surface area (Å²) in [6.45, 7) is 3.61. The van der Waals surface area contributed by atoms with Crippen molar-refractivity contribution in [2.24, 2.45) is 13.0 Å². The molecule has 1 unspecified atom stereocenters. The van der Waals surface area contributed by atoms with Gasteiger partial charge in [-0.25, -0.2) is 18.2 Å². The van der Waals surface area contributed by atoms with Gasteiger partial charge in [0.1, 0.15) is 0 Å². The number of nitriles is 1. The molecule has 3 heterocycles. The van der Waals surface area contributed by atoms with Crippen LogP contribution in [0.15, 0.2) is 59.9 Å². The number of nitrogens with one attached hydrogen (secondary N) is 1. The van der Waals surface area contributed by atoms with Crippen LogP contribution in [0.25, 0.3) is 0 Å². The molecule has 2 aliphatic rings. The number of ether oxygens (including phenoxy) is 1. The van der Waals surface area contributed by atoms with Crippen molar-refractivity contribution in [2.75, 3.05) is 43.5 Å². The number of hydrogen-bond donors (Lipinski definition) is 1. The second-order valence-corrected chi connectivity index (χ2v) is 13.3. The normalized spacial score (nSPS) is 17.2. The molecule has 0 aliphatic carbocycles. The van der Waals surface area contributed by atoms with E-state index in [0.717, 1.165) is 16.9 Å². The number of sulfonamides is 1. The molecule has 5 rings (SSSR count). The lowest BCUT2D eigenvalue weighted by Gasteiger charge is -2.42. The number of piperidine rings is 1. The lowest BCUT2D eigenvalue weighted by molar-refractivity contribution is -0.114. The number of amides is 2. The van der Waals surface area contributed by atoms with Gasteiger partial charge < -0.3 is 24.4 Å². The highest BCUT2D eigenvalue weighted by Crippen LogP contribution is 2.34. The molecule has 1 fully saturated rings. The number of hydrogen-bond acceptors (Lipinski definition) is 8. The van der Waals surface area contributed by atoms with E-state index < -0.39 is 16.1 Å². The fourth-order valence-corrected chi connectivity index (χ4v) is 7.74. The minimum Gasteiger partial charge on any atom is -0.453 e. The van der Waals surface area contributed by atoms with Crippen LogP contribution in [-0.4, -0.2) is 78.5 Å². The number of benzene rings is 2. The molecule has 1 aromatic heterocycles. The van der Waals surface area contributed by atoms with E-state index in [9.17, 15) is 23.3 Å². The molecule has 0 spiro atoms. The van der Waals surface area contributed by atoms with Crippen molar-refractivity contribution < 1.29 is 22.7 Å². The van der Waals surface area contributed by atoms with E-state index in [1.165, 1.54) is 26.2 Å². The van der Waals surface area contributed by atoms with Crippen molar-refractivity contribution >= 4 is 33.4 Å². The summed E-state index contributed by atoms with van der Waals surface area (Å²) in [5.41, 5.74) is 3.87. The van der Waals surface area contributed by atoms with Gasteiger partial charge in [-0.05, 0) is 73.2 Å². The van der Waals surface area contributed by atoms with E-state index in [2.05, 4.69) is 21.3 Å². The summed E-state index contributed by atoms with van der Waals surface area (Å²) < 4.78 is 37.3. The Morgan fingerprint density at radius 2 is 1.89 bits per heavy atom. The molecule has 12 nitrogen and oxygen atoms in total. The maximum atomic E-state index is 14.4. The van der Waals surface area contributed by atoms with Crippen LogP contribution in [0.2, 0.25) is 0 Å². The SMILES string of the molecule is COC(=O)N1CCC(CN(C2Cc3cc(C#N)ccc3N(Cc3cncn3C)C2)S(=O)(=O)c2ccc(NC(C)=O)cc2)CC1. The molecular weight excluding hydrogens is 582 g/mol. The van der Waals surface area contributed by atoms with Gasteiger partial charge >= 0.3 is 6.09 Å². The van der Waals surface area contributed by atoms with E-state index in [4.69, 9.17) is 4.74 Å². The molecule has 3 aromatic rings. The zero-order valence-electron chi connectivity index (χ0n) is 25.1. The van der Waals surface area contributed by atoms with E-state index in [-0.39, 0.29) is 29.4 Å². The molecule has 0 bridgehead atoms. The first kappa shape index (κ1) is 31.0. The van der Waals surface area contributed by atoms with Crippen LogP contribution in [0.1, 0.15) is 36.6 Å². The Labute approximate surface area is 257 Å². The summed E-state index contributed by atoms with van der Waals surface area (Å²) in [7, 11) is -0.706. The lowest BCUT2D eigenvalue weighted by Crippen LogP contribution is -2.53. The van der Waals surface area contributed by atoms with Gasteiger partial charge in [0.05, 0.1) is 42.2 Å². The van der Waals surface area contributed by atoms with Crippen LogP contribution >= 0.6 is 0 Å². The molecule has 2 amide bonds. The summed E-state index contributed by atoms with van der Waals surface area (Å²) in [5, 5.41) is 12.3. The Bertz CT molecular complexity index is 1660. The van der Waals surface area contributed by atoms with Gasteiger partial charge in [-0.2, -0.15) is 9.57 Å². The van der Waals surface area contributed by atoms with Gasteiger partial charge in [0.15, 0.2) is 0 Å².